The van der Waals surface area contributed by atoms with E-state index in [0.29, 0.717) is 6.07 Å². The SMILES string of the molecule is NB(O)c1cc(F)cc(F)c1. The Morgan fingerprint density at radius 1 is 1.18 bits per heavy atom. The number of rotatable bonds is 1. The van der Waals surface area contributed by atoms with Crippen LogP contribution in [0.15, 0.2) is 18.2 Å². The Morgan fingerprint density at radius 3 is 2.00 bits per heavy atom. The summed E-state index contributed by atoms with van der Waals surface area (Å²) >= 11 is 0. The molecule has 58 valence electrons. The van der Waals surface area contributed by atoms with Gasteiger partial charge in [0.2, 0.25) is 0 Å². The molecule has 5 heteroatoms. The third-order valence-electron chi connectivity index (χ3n) is 1.23. The highest BCUT2D eigenvalue weighted by molar-refractivity contribution is 6.62. The minimum atomic E-state index is -1.33. The summed E-state index contributed by atoms with van der Waals surface area (Å²) in [6.07, 6.45) is 0. The van der Waals surface area contributed by atoms with Crippen LogP contribution in [0.1, 0.15) is 0 Å². The fourth-order valence-electron chi connectivity index (χ4n) is 0.746. The van der Waals surface area contributed by atoms with E-state index in [1.807, 2.05) is 0 Å². The summed E-state index contributed by atoms with van der Waals surface area (Å²) in [6, 6.07) is 2.67. The van der Waals surface area contributed by atoms with Gasteiger partial charge in [0, 0.05) is 6.07 Å². The number of nitrogens with two attached hydrogens (primary N) is 1. The van der Waals surface area contributed by atoms with E-state index in [0.717, 1.165) is 12.1 Å². The molecule has 1 rings (SSSR count). The Labute approximate surface area is 62.8 Å². The lowest BCUT2D eigenvalue weighted by Crippen LogP contribution is -2.40. The topological polar surface area (TPSA) is 46.2 Å². The normalized spacial score (nSPS) is 9.82. The lowest BCUT2D eigenvalue weighted by molar-refractivity contribution is 0.574. The third-order valence-corrected chi connectivity index (χ3v) is 1.23. The Bertz CT molecular complexity index is 247. The molecule has 0 amide bonds. The van der Waals surface area contributed by atoms with Crippen molar-refractivity contribution in [3.8, 4) is 0 Å². The van der Waals surface area contributed by atoms with Gasteiger partial charge in [0.05, 0.1) is 0 Å². The van der Waals surface area contributed by atoms with Crippen molar-refractivity contribution in [1.29, 1.82) is 0 Å². The highest BCUT2D eigenvalue weighted by atomic mass is 19.1. The van der Waals surface area contributed by atoms with Gasteiger partial charge in [-0.1, -0.05) is 0 Å². The van der Waals surface area contributed by atoms with Crippen LogP contribution in [0.5, 0.6) is 0 Å². The highest BCUT2D eigenvalue weighted by Crippen LogP contribution is 1.98. The molecule has 0 saturated carbocycles. The molecule has 1 aromatic rings. The maximum absolute atomic E-state index is 12.4. The van der Waals surface area contributed by atoms with E-state index in [2.05, 4.69) is 0 Å². The number of halogens is 2. The highest BCUT2D eigenvalue weighted by Gasteiger charge is 2.10. The summed E-state index contributed by atoms with van der Waals surface area (Å²) in [5.41, 5.74) is 5.00. The Hall–Kier alpha value is -0.935. The smallest absolute Gasteiger partial charge is 0.410 e. The van der Waals surface area contributed by atoms with Crippen LogP contribution in [0, 0.1) is 11.6 Å². The molecule has 0 fully saturated rings. The quantitative estimate of drug-likeness (QED) is 0.545. The van der Waals surface area contributed by atoms with Crippen LogP contribution >= 0.6 is 0 Å². The predicted molar refractivity (Wildman–Crippen MR) is 38.2 cm³/mol. The van der Waals surface area contributed by atoms with Gasteiger partial charge in [0.1, 0.15) is 11.6 Å². The van der Waals surface area contributed by atoms with Gasteiger partial charge in [-0.2, -0.15) is 0 Å². The summed E-state index contributed by atoms with van der Waals surface area (Å²) in [5, 5.41) is 8.72. The molecule has 0 radical (unpaired) electrons. The van der Waals surface area contributed by atoms with E-state index in [1.165, 1.54) is 0 Å². The molecule has 0 aromatic heterocycles. The van der Waals surface area contributed by atoms with Gasteiger partial charge in [-0.05, 0) is 17.6 Å². The molecule has 3 N–H and O–H groups in total. The van der Waals surface area contributed by atoms with E-state index in [4.69, 9.17) is 10.7 Å². The maximum atomic E-state index is 12.4. The average Bonchev–Trinajstić information content (AvgIpc) is 1.85. The first-order chi connectivity index (χ1) is 5.09. The number of hydrogen-bond acceptors (Lipinski definition) is 2. The molecule has 0 aliphatic carbocycles. The van der Waals surface area contributed by atoms with Crippen LogP contribution in [-0.4, -0.2) is 12.1 Å². The molecule has 0 spiro atoms. The minimum Gasteiger partial charge on any atom is -0.434 e. The van der Waals surface area contributed by atoms with Gasteiger partial charge in [-0.15, -0.1) is 0 Å². The van der Waals surface area contributed by atoms with E-state index in [-0.39, 0.29) is 5.46 Å². The Balaban J connectivity index is 3.08. The maximum Gasteiger partial charge on any atom is 0.410 e. The molecule has 0 atom stereocenters. The van der Waals surface area contributed by atoms with Crippen LogP contribution in [0.3, 0.4) is 0 Å². The molecular weight excluding hydrogens is 151 g/mol. The first-order valence-corrected chi connectivity index (χ1v) is 2.99. The van der Waals surface area contributed by atoms with Crippen molar-refractivity contribution in [2.24, 2.45) is 5.64 Å². The molecule has 1 aromatic carbocycles. The van der Waals surface area contributed by atoms with Gasteiger partial charge in [0.15, 0.2) is 0 Å². The number of benzene rings is 1. The van der Waals surface area contributed by atoms with Gasteiger partial charge in [-0.3, -0.25) is 0 Å². The third kappa shape index (κ3) is 1.99. The van der Waals surface area contributed by atoms with E-state index < -0.39 is 18.7 Å². The van der Waals surface area contributed by atoms with Crippen molar-refractivity contribution in [3.05, 3.63) is 29.8 Å². The van der Waals surface area contributed by atoms with Crippen molar-refractivity contribution in [1.82, 2.24) is 0 Å². The first kappa shape index (κ1) is 8.16. The first-order valence-electron chi connectivity index (χ1n) is 2.99. The van der Waals surface area contributed by atoms with Gasteiger partial charge in [0.25, 0.3) is 0 Å². The van der Waals surface area contributed by atoms with Crippen molar-refractivity contribution >= 4 is 12.5 Å². The molecular formula is C6H6BF2NO. The fraction of sp³-hybridized carbons (Fsp3) is 0. The predicted octanol–water partition coefficient (Wildman–Crippen LogP) is -0.389. The average molecular weight is 157 g/mol. The van der Waals surface area contributed by atoms with Crippen molar-refractivity contribution in [2.45, 2.75) is 0 Å². The monoisotopic (exact) mass is 157 g/mol. The van der Waals surface area contributed by atoms with Gasteiger partial charge in [-0.25, -0.2) is 8.78 Å². The second kappa shape index (κ2) is 2.98. The van der Waals surface area contributed by atoms with Gasteiger partial charge < -0.3 is 10.7 Å². The summed E-state index contributed by atoms with van der Waals surface area (Å²) in [7, 11) is -1.33. The van der Waals surface area contributed by atoms with Crippen LogP contribution < -0.4 is 11.1 Å². The van der Waals surface area contributed by atoms with Crippen molar-refractivity contribution in [3.63, 3.8) is 0 Å². The van der Waals surface area contributed by atoms with E-state index >= 15 is 0 Å². The van der Waals surface area contributed by atoms with Crippen LogP contribution in [0.4, 0.5) is 8.78 Å². The van der Waals surface area contributed by atoms with Gasteiger partial charge >= 0.3 is 7.05 Å². The molecule has 0 unspecified atom stereocenters. The summed E-state index contributed by atoms with van der Waals surface area (Å²) in [5.74, 6) is -1.49. The zero-order chi connectivity index (χ0) is 8.43. The van der Waals surface area contributed by atoms with Crippen LogP contribution in [0.25, 0.3) is 0 Å². The lowest BCUT2D eigenvalue weighted by Gasteiger charge is -1.99. The summed E-state index contributed by atoms with van der Waals surface area (Å²) in [4.78, 5) is 0. The van der Waals surface area contributed by atoms with E-state index in [9.17, 15) is 8.78 Å². The lowest BCUT2D eigenvalue weighted by atomic mass is 9.76. The molecule has 0 aliphatic heterocycles. The standard InChI is InChI=1S/C6H6BF2NO/c8-5-1-4(7(10)11)2-6(9)3-5/h1-3,11H,10H2. The second-order valence-electron chi connectivity index (χ2n) is 2.15. The fourth-order valence-corrected chi connectivity index (χ4v) is 0.746. The van der Waals surface area contributed by atoms with Crippen molar-refractivity contribution in [2.75, 3.05) is 0 Å². The molecule has 0 saturated heterocycles. The van der Waals surface area contributed by atoms with Crippen LogP contribution in [-0.2, 0) is 0 Å². The molecule has 2 nitrogen and oxygen atoms in total. The second-order valence-corrected chi connectivity index (χ2v) is 2.15. The van der Waals surface area contributed by atoms with Crippen LogP contribution in [0.2, 0.25) is 0 Å². The van der Waals surface area contributed by atoms with E-state index in [1.54, 1.807) is 0 Å². The van der Waals surface area contributed by atoms with Crippen molar-refractivity contribution < 1.29 is 13.8 Å². The number of hydrogen-bond donors (Lipinski definition) is 2. The minimum absolute atomic E-state index is 0.0301. The Morgan fingerprint density at radius 2 is 1.64 bits per heavy atom. The molecule has 0 aliphatic rings. The summed E-state index contributed by atoms with van der Waals surface area (Å²) < 4.78 is 24.8. The summed E-state index contributed by atoms with van der Waals surface area (Å²) in [6.45, 7) is 0. The molecule has 0 heterocycles. The zero-order valence-electron chi connectivity index (χ0n) is 5.59. The largest absolute Gasteiger partial charge is 0.434 e. The zero-order valence-corrected chi connectivity index (χ0v) is 5.59. The molecule has 0 bridgehead atoms. The molecule has 11 heavy (non-hydrogen) atoms. The Kier molecular flexibility index (Phi) is 2.21.